The first-order valence-electron chi connectivity index (χ1n) is 15.9. The molecule has 6 aromatic carbocycles. The predicted octanol–water partition coefficient (Wildman–Crippen LogP) is 8.81. The number of hydrogen-bond acceptors (Lipinski definition) is 5. The molecule has 226 valence electrons. The van der Waals surface area contributed by atoms with Crippen LogP contribution in [0, 0.1) is 0 Å². The Kier molecular flexibility index (Phi) is 6.38. The summed E-state index contributed by atoms with van der Waals surface area (Å²) in [6, 6.07) is 52.5. The van der Waals surface area contributed by atoms with Crippen molar-refractivity contribution in [1.29, 1.82) is 0 Å². The van der Waals surface area contributed by atoms with E-state index in [1.165, 1.54) is 0 Å². The Morgan fingerprint density at radius 3 is 2.02 bits per heavy atom. The second-order valence-corrected chi connectivity index (χ2v) is 11.9. The second-order valence-electron chi connectivity index (χ2n) is 11.9. The maximum Gasteiger partial charge on any atom is 0.198 e. The highest BCUT2D eigenvalue weighted by molar-refractivity contribution is 6.15. The van der Waals surface area contributed by atoms with E-state index in [-0.39, 0.29) is 12.4 Å². The van der Waals surface area contributed by atoms with Crippen molar-refractivity contribution in [3.8, 4) is 11.4 Å². The average molecular weight is 610 g/mol. The minimum Gasteiger partial charge on any atom is -0.463 e. The number of aliphatic imine (C=N–C) groups is 2. The molecule has 0 fully saturated rings. The maximum absolute atomic E-state index is 6.74. The van der Waals surface area contributed by atoms with Crippen molar-refractivity contribution in [2.45, 2.75) is 12.4 Å². The summed E-state index contributed by atoms with van der Waals surface area (Å²) in [5.41, 5.74) is 8.59. The van der Waals surface area contributed by atoms with Gasteiger partial charge in [-0.1, -0.05) is 109 Å². The molecule has 2 atom stereocenters. The van der Waals surface area contributed by atoms with Crippen LogP contribution in [0.15, 0.2) is 162 Å². The van der Waals surface area contributed by atoms with E-state index in [9.17, 15) is 0 Å². The first-order valence-corrected chi connectivity index (χ1v) is 15.9. The lowest BCUT2D eigenvalue weighted by atomic mass is 10.1. The number of amidine groups is 2. The SMILES string of the molecule is CN1c2ccc3c(c2OC1c1ccccc1)c1ccccc1n3-c1ccc(C2=NC(c3ccccc3)NC(c3ccccc3)=N2)cc1. The standard InChI is InChI=1S/C41H31N5O/c1-45-35-26-25-34-36(37(35)47-41(45)30-17-9-4-10-18-30)32-19-11-12-20-33(32)46(34)31-23-21-29(22-24-31)40-43-38(27-13-5-2-6-14-27)42-39(44-40)28-15-7-3-8-16-28/h2-26,38,41H,1H3,(H,42,43,44). The highest BCUT2D eigenvalue weighted by atomic mass is 16.5. The van der Waals surface area contributed by atoms with Crippen LogP contribution in [-0.2, 0) is 0 Å². The van der Waals surface area contributed by atoms with Gasteiger partial charge >= 0.3 is 0 Å². The van der Waals surface area contributed by atoms with Crippen LogP contribution in [0.3, 0.4) is 0 Å². The van der Waals surface area contributed by atoms with Crippen molar-refractivity contribution >= 4 is 39.2 Å². The molecule has 0 saturated heterocycles. The third-order valence-electron chi connectivity index (χ3n) is 9.10. The summed E-state index contributed by atoms with van der Waals surface area (Å²) in [5, 5.41) is 5.83. The highest BCUT2D eigenvalue weighted by Crippen LogP contribution is 2.50. The molecule has 1 N–H and O–H groups in total. The normalized spacial score (nSPS) is 17.2. The maximum atomic E-state index is 6.74. The fourth-order valence-corrected chi connectivity index (χ4v) is 6.81. The van der Waals surface area contributed by atoms with Gasteiger partial charge in [0.2, 0.25) is 0 Å². The summed E-state index contributed by atoms with van der Waals surface area (Å²) >= 11 is 0. The Hall–Kier alpha value is -6.14. The van der Waals surface area contributed by atoms with Crippen LogP contribution >= 0.6 is 0 Å². The Morgan fingerprint density at radius 1 is 0.617 bits per heavy atom. The van der Waals surface area contributed by atoms with Crippen LogP contribution in [0.4, 0.5) is 5.69 Å². The molecule has 7 aromatic rings. The summed E-state index contributed by atoms with van der Waals surface area (Å²) in [6.45, 7) is 0. The van der Waals surface area contributed by atoms with Gasteiger partial charge in [0, 0.05) is 34.8 Å². The number of benzene rings is 6. The van der Waals surface area contributed by atoms with E-state index in [2.05, 4.69) is 131 Å². The number of anilines is 1. The predicted molar refractivity (Wildman–Crippen MR) is 191 cm³/mol. The van der Waals surface area contributed by atoms with Gasteiger partial charge in [-0.25, -0.2) is 9.98 Å². The Bertz CT molecular complexity index is 2310. The van der Waals surface area contributed by atoms with Crippen LogP contribution < -0.4 is 15.0 Å². The van der Waals surface area contributed by atoms with E-state index in [0.717, 1.165) is 67.0 Å². The molecule has 6 heteroatoms. The van der Waals surface area contributed by atoms with Gasteiger partial charge in [-0.15, -0.1) is 0 Å². The van der Waals surface area contributed by atoms with E-state index < -0.39 is 0 Å². The zero-order valence-corrected chi connectivity index (χ0v) is 25.8. The van der Waals surface area contributed by atoms with Crippen molar-refractivity contribution in [3.63, 3.8) is 0 Å². The lowest BCUT2D eigenvalue weighted by Crippen LogP contribution is -2.33. The zero-order chi connectivity index (χ0) is 31.3. The van der Waals surface area contributed by atoms with Crippen molar-refractivity contribution in [3.05, 3.63) is 174 Å². The van der Waals surface area contributed by atoms with Gasteiger partial charge < -0.3 is 19.5 Å². The van der Waals surface area contributed by atoms with Gasteiger partial charge in [0.15, 0.2) is 17.8 Å². The van der Waals surface area contributed by atoms with E-state index in [1.54, 1.807) is 0 Å². The zero-order valence-electron chi connectivity index (χ0n) is 25.8. The molecule has 2 unspecified atom stereocenters. The largest absolute Gasteiger partial charge is 0.463 e. The third kappa shape index (κ3) is 4.57. The average Bonchev–Trinajstić information content (AvgIpc) is 3.67. The minimum absolute atomic E-state index is 0.176. The summed E-state index contributed by atoms with van der Waals surface area (Å²) in [7, 11) is 2.10. The van der Waals surface area contributed by atoms with Gasteiger partial charge in [-0.2, -0.15) is 0 Å². The highest BCUT2D eigenvalue weighted by Gasteiger charge is 2.32. The number of rotatable bonds is 5. The van der Waals surface area contributed by atoms with E-state index in [1.807, 2.05) is 42.5 Å². The monoisotopic (exact) mass is 609 g/mol. The number of hydrogen-bond donors (Lipinski definition) is 1. The van der Waals surface area contributed by atoms with Crippen molar-refractivity contribution in [2.75, 3.05) is 11.9 Å². The minimum atomic E-state index is -0.240. The molecule has 0 spiro atoms. The Morgan fingerprint density at radius 2 is 1.28 bits per heavy atom. The molecule has 0 bridgehead atoms. The summed E-state index contributed by atoms with van der Waals surface area (Å²) in [4.78, 5) is 12.3. The lowest BCUT2D eigenvalue weighted by molar-refractivity contribution is 0.238. The smallest absolute Gasteiger partial charge is 0.198 e. The number of fused-ring (bicyclic) bond motifs is 5. The molecule has 2 aliphatic heterocycles. The van der Waals surface area contributed by atoms with Gasteiger partial charge in [0.1, 0.15) is 12.0 Å². The van der Waals surface area contributed by atoms with E-state index >= 15 is 0 Å². The summed E-state index contributed by atoms with van der Waals surface area (Å²) in [6.07, 6.45) is -0.416. The number of nitrogens with zero attached hydrogens (tertiary/aromatic N) is 4. The molecule has 9 rings (SSSR count). The summed E-state index contributed by atoms with van der Waals surface area (Å²) in [5.74, 6) is 2.43. The van der Waals surface area contributed by atoms with Crippen LogP contribution in [0.5, 0.6) is 5.75 Å². The van der Waals surface area contributed by atoms with Crippen molar-refractivity contribution in [2.24, 2.45) is 9.98 Å². The molecule has 0 radical (unpaired) electrons. The number of aromatic nitrogens is 1. The summed E-state index contributed by atoms with van der Waals surface area (Å²) < 4.78 is 9.07. The van der Waals surface area contributed by atoms with Crippen LogP contribution in [0.1, 0.15) is 34.6 Å². The Labute approximate surface area is 272 Å². The lowest BCUT2D eigenvalue weighted by Gasteiger charge is -2.23. The number of nitrogens with one attached hydrogen (secondary N) is 1. The van der Waals surface area contributed by atoms with Crippen LogP contribution in [0.25, 0.3) is 27.5 Å². The molecule has 47 heavy (non-hydrogen) atoms. The quantitative estimate of drug-likeness (QED) is 0.212. The number of para-hydroxylation sites is 1. The second kappa shape index (κ2) is 11.0. The van der Waals surface area contributed by atoms with Gasteiger partial charge in [0.25, 0.3) is 0 Å². The van der Waals surface area contributed by atoms with Crippen molar-refractivity contribution in [1.82, 2.24) is 9.88 Å². The first-order chi connectivity index (χ1) is 23.2. The van der Waals surface area contributed by atoms with E-state index in [4.69, 9.17) is 14.7 Å². The molecule has 0 aliphatic carbocycles. The fourth-order valence-electron chi connectivity index (χ4n) is 6.81. The third-order valence-corrected chi connectivity index (χ3v) is 9.10. The van der Waals surface area contributed by atoms with E-state index in [0.29, 0.717) is 5.84 Å². The first kappa shape index (κ1) is 27.2. The van der Waals surface area contributed by atoms with Crippen LogP contribution in [0.2, 0.25) is 0 Å². The fraction of sp³-hybridized carbons (Fsp3) is 0.0732. The topological polar surface area (TPSA) is 54.1 Å². The van der Waals surface area contributed by atoms with Gasteiger partial charge in [-0.3, -0.25) is 0 Å². The Balaban J connectivity index is 1.14. The molecular formula is C41H31N5O. The number of ether oxygens (including phenoxy) is 1. The molecule has 0 saturated carbocycles. The van der Waals surface area contributed by atoms with Gasteiger partial charge in [-0.05, 0) is 48.0 Å². The molecule has 6 nitrogen and oxygen atoms in total. The van der Waals surface area contributed by atoms with Gasteiger partial charge in [0.05, 0.1) is 22.1 Å². The molecule has 3 heterocycles. The molecule has 2 aliphatic rings. The van der Waals surface area contributed by atoms with Crippen molar-refractivity contribution < 1.29 is 4.74 Å². The molecule has 0 amide bonds. The molecule has 1 aromatic heterocycles. The molecular weight excluding hydrogens is 578 g/mol. The van der Waals surface area contributed by atoms with Crippen LogP contribution in [-0.4, -0.2) is 23.3 Å².